The van der Waals surface area contributed by atoms with Crippen LogP contribution in [0.3, 0.4) is 0 Å². The summed E-state index contributed by atoms with van der Waals surface area (Å²) in [5.74, 6) is 1.60. The number of morpholine rings is 1. The number of halogens is 1. The fourth-order valence-corrected chi connectivity index (χ4v) is 3.58. The van der Waals surface area contributed by atoms with Crippen molar-refractivity contribution < 1.29 is 9.13 Å². The first-order chi connectivity index (χ1) is 15.2. The van der Waals surface area contributed by atoms with E-state index in [0.717, 1.165) is 82.7 Å². The molecule has 1 saturated heterocycles. The number of hydrogen-bond donors (Lipinski definition) is 1. The SMILES string of the molecule is CCc1nncn1CCNC(=NCCCN1CCOCC1)N(C)Cc1ccc(F)cc1. The van der Waals surface area contributed by atoms with Crippen molar-refractivity contribution in [3.05, 3.63) is 47.8 Å². The molecule has 0 amide bonds. The molecule has 0 unspecified atom stereocenters. The molecule has 1 aliphatic rings. The fourth-order valence-electron chi connectivity index (χ4n) is 3.58. The van der Waals surface area contributed by atoms with Crippen LogP contribution < -0.4 is 5.32 Å². The first kappa shape index (κ1) is 23.1. The fraction of sp³-hybridized carbons (Fsp3) is 0.591. The number of ether oxygens (including phenoxy) is 1. The lowest BCUT2D eigenvalue weighted by molar-refractivity contribution is 0.0377. The van der Waals surface area contributed by atoms with Crippen molar-refractivity contribution in [3.63, 3.8) is 0 Å². The van der Waals surface area contributed by atoms with Gasteiger partial charge in [0.2, 0.25) is 0 Å². The van der Waals surface area contributed by atoms with Crippen LogP contribution >= 0.6 is 0 Å². The summed E-state index contributed by atoms with van der Waals surface area (Å²) in [6.07, 6.45) is 3.62. The van der Waals surface area contributed by atoms with Gasteiger partial charge in [-0.05, 0) is 24.1 Å². The van der Waals surface area contributed by atoms with Crippen LogP contribution in [-0.4, -0.2) is 83.5 Å². The second kappa shape index (κ2) is 12.4. The average molecular weight is 432 g/mol. The van der Waals surface area contributed by atoms with E-state index >= 15 is 0 Å². The molecular formula is C22H34FN7O. The molecule has 0 bridgehead atoms. The molecule has 1 aromatic heterocycles. The van der Waals surface area contributed by atoms with Crippen molar-refractivity contribution in [3.8, 4) is 0 Å². The molecule has 0 radical (unpaired) electrons. The zero-order valence-electron chi connectivity index (χ0n) is 18.6. The Bertz CT molecular complexity index is 802. The van der Waals surface area contributed by atoms with E-state index in [2.05, 4.69) is 36.8 Å². The highest BCUT2D eigenvalue weighted by Crippen LogP contribution is 2.06. The number of rotatable bonds is 10. The molecule has 1 aliphatic heterocycles. The van der Waals surface area contributed by atoms with Crippen LogP contribution in [0.15, 0.2) is 35.6 Å². The topological polar surface area (TPSA) is 70.8 Å². The molecule has 1 aromatic carbocycles. The third-order valence-electron chi connectivity index (χ3n) is 5.34. The number of hydrogen-bond acceptors (Lipinski definition) is 5. The number of guanidine groups is 1. The van der Waals surface area contributed by atoms with Crippen LogP contribution in [0.25, 0.3) is 0 Å². The Morgan fingerprint density at radius 1 is 1.23 bits per heavy atom. The van der Waals surface area contributed by atoms with Crippen molar-refractivity contribution in [1.82, 2.24) is 29.9 Å². The zero-order valence-corrected chi connectivity index (χ0v) is 18.6. The lowest BCUT2D eigenvalue weighted by Crippen LogP contribution is -2.40. The summed E-state index contributed by atoms with van der Waals surface area (Å²) >= 11 is 0. The van der Waals surface area contributed by atoms with Crippen LogP contribution in [0.5, 0.6) is 0 Å². The second-order valence-electron chi connectivity index (χ2n) is 7.72. The highest BCUT2D eigenvalue weighted by Gasteiger charge is 2.11. The number of nitrogens with zero attached hydrogens (tertiary/aromatic N) is 6. The van der Waals surface area contributed by atoms with Gasteiger partial charge in [0.05, 0.1) is 13.2 Å². The molecule has 31 heavy (non-hydrogen) atoms. The monoisotopic (exact) mass is 431 g/mol. The summed E-state index contributed by atoms with van der Waals surface area (Å²) in [4.78, 5) is 9.34. The molecule has 1 fully saturated rings. The van der Waals surface area contributed by atoms with Crippen molar-refractivity contribution in [2.75, 3.05) is 53.0 Å². The van der Waals surface area contributed by atoms with Gasteiger partial charge in [-0.2, -0.15) is 0 Å². The van der Waals surface area contributed by atoms with Gasteiger partial charge in [-0.25, -0.2) is 4.39 Å². The Balaban J connectivity index is 1.55. The minimum Gasteiger partial charge on any atom is -0.379 e. The minimum atomic E-state index is -0.220. The van der Waals surface area contributed by atoms with E-state index in [9.17, 15) is 4.39 Å². The zero-order chi connectivity index (χ0) is 21.9. The van der Waals surface area contributed by atoms with E-state index in [4.69, 9.17) is 9.73 Å². The highest BCUT2D eigenvalue weighted by atomic mass is 19.1. The molecule has 0 spiro atoms. The van der Waals surface area contributed by atoms with E-state index in [1.165, 1.54) is 12.1 Å². The number of benzene rings is 1. The van der Waals surface area contributed by atoms with E-state index in [-0.39, 0.29) is 5.82 Å². The predicted octanol–water partition coefficient (Wildman–Crippen LogP) is 1.78. The maximum Gasteiger partial charge on any atom is 0.194 e. The van der Waals surface area contributed by atoms with Gasteiger partial charge in [-0.15, -0.1) is 10.2 Å². The van der Waals surface area contributed by atoms with Gasteiger partial charge in [0.15, 0.2) is 5.96 Å². The number of aryl methyl sites for hydroxylation is 1. The molecule has 0 atom stereocenters. The summed E-state index contributed by atoms with van der Waals surface area (Å²) in [5, 5.41) is 11.6. The lowest BCUT2D eigenvalue weighted by Gasteiger charge is -2.26. The van der Waals surface area contributed by atoms with Gasteiger partial charge in [0, 0.05) is 59.3 Å². The van der Waals surface area contributed by atoms with Gasteiger partial charge in [-0.3, -0.25) is 9.89 Å². The molecule has 9 heteroatoms. The normalized spacial score (nSPS) is 15.3. The van der Waals surface area contributed by atoms with E-state index < -0.39 is 0 Å². The highest BCUT2D eigenvalue weighted by molar-refractivity contribution is 5.79. The summed E-state index contributed by atoms with van der Waals surface area (Å²) in [6, 6.07) is 6.61. The Kier molecular flexibility index (Phi) is 9.23. The molecule has 2 heterocycles. The molecule has 170 valence electrons. The van der Waals surface area contributed by atoms with Crippen molar-refractivity contribution in [2.45, 2.75) is 32.9 Å². The van der Waals surface area contributed by atoms with Gasteiger partial charge in [0.1, 0.15) is 18.0 Å². The van der Waals surface area contributed by atoms with Crippen molar-refractivity contribution in [2.24, 2.45) is 4.99 Å². The Labute approximate surface area is 184 Å². The first-order valence-corrected chi connectivity index (χ1v) is 11.1. The molecular weight excluding hydrogens is 397 g/mol. The van der Waals surface area contributed by atoms with Gasteiger partial charge in [0.25, 0.3) is 0 Å². The molecule has 0 aliphatic carbocycles. The Morgan fingerprint density at radius 2 is 2.00 bits per heavy atom. The van der Waals surface area contributed by atoms with Crippen LogP contribution in [0, 0.1) is 5.82 Å². The number of aliphatic imine (C=N–C) groups is 1. The predicted molar refractivity (Wildman–Crippen MR) is 119 cm³/mol. The number of aromatic nitrogens is 3. The van der Waals surface area contributed by atoms with Crippen molar-refractivity contribution >= 4 is 5.96 Å². The van der Waals surface area contributed by atoms with Crippen LogP contribution in [0.4, 0.5) is 4.39 Å². The summed E-state index contributed by atoms with van der Waals surface area (Å²) < 4.78 is 20.7. The molecule has 8 nitrogen and oxygen atoms in total. The number of nitrogens with one attached hydrogen (secondary N) is 1. The Morgan fingerprint density at radius 3 is 2.74 bits per heavy atom. The molecule has 2 aromatic rings. The van der Waals surface area contributed by atoms with E-state index in [1.54, 1.807) is 6.33 Å². The van der Waals surface area contributed by atoms with Gasteiger partial charge >= 0.3 is 0 Å². The van der Waals surface area contributed by atoms with Crippen LogP contribution in [-0.2, 0) is 24.2 Å². The molecule has 3 rings (SSSR count). The molecule has 1 N–H and O–H groups in total. The van der Waals surface area contributed by atoms with Gasteiger partial charge < -0.3 is 19.5 Å². The van der Waals surface area contributed by atoms with Gasteiger partial charge in [-0.1, -0.05) is 19.1 Å². The average Bonchev–Trinajstić information content (AvgIpc) is 3.25. The second-order valence-corrected chi connectivity index (χ2v) is 7.72. The third-order valence-corrected chi connectivity index (χ3v) is 5.34. The first-order valence-electron chi connectivity index (χ1n) is 11.1. The van der Waals surface area contributed by atoms with E-state index in [0.29, 0.717) is 6.54 Å². The minimum absolute atomic E-state index is 0.220. The smallest absolute Gasteiger partial charge is 0.194 e. The Hall–Kier alpha value is -2.52. The molecule has 0 saturated carbocycles. The quantitative estimate of drug-likeness (QED) is 0.351. The third kappa shape index (κ3) is 7.59. The van der Waals surface area contributed by atoms with Crippen LogP contribution in [0.1, 0.15) is 24.7 Å². The maximum absolute atomic E-state index is 13.2. The van der Waals surface area contributed by atoms with Crippen LogP contribution in [0.2, 0.25) is 0 Å². The standard InChI is InChI=1S/C22H34FN7O/c1-3-21-27-26-18-30(21)12-10-25-22(24-9-4-11-29-13-15-31-16-14-29)28(2)17-19-5-7-20(23)8-6-19/h5-8,18H,3-4,9-17H2,1-2H3,(H,24,25). The summed E-state index contributed by atoms with van der Waals surface area (Å²) in [7, 11) is 2.01. The lowest BCUT2D eigenvalue weighted by atomic mass is 10.2. The summed E-state index contributed by atoms with van der Waals surface area (Å²) in [6.45, 7) is 9.64. The van der Waals surface area contributed by atoms with E-state index in [1.807, 2.05) is 19.2 Å². The summed E-state index contributed by atoms with van der Waals surface area (Å²) in [5.41, 5.74) is 1.04. The largest absolute Gasteiger partial charge is 0.379 e. The maximum atomic E-state index is 13.2. The van der Waals surface area contributed by atoms with Crippen molar-refractivity contribution in [1.29, 1.82) is 0 Å².